The number of benzene rings is 3. The van der Waals surface area contributed by atoms with E-state index in [2.05, 4.69) is 10.5 Å². The van der Waals surface area contributed by atoms with Gasteiger partial charge >= 0.3 is 0 Å². The van der Waals surface area contributed by atoms with Crippen LogP contribution in [-0.2, 0) is 14.8 Å². The smallest absolute Gasteiger partial charge is 0.264 e. The van der Waals surface area contributed by atoms with Gasteiger partial charge in [-0.1, -0.05) is 36.7 Å². The maximum Gasteiger partial charge on any atom is 0.264 e. The van der Waals surface area contributed by atoms with Gasteiger partial charge in [0.25, 0.3) is 15.9 Å². The number of sulfonamides is 1. The van der Waals surface area contributed by atoms with E-state index in [9.17, 15) is 13.2 Å². The van der Waals surface area contributed by atoms with E-state index in [-0.39, 0.29) is 4.90 Å². The van der Waals surface area contributed by atoms with Crippen LogP contribution in [0.3, 0.4) is 0 Å². The lowest BCUT2D eigenvalue weighted by molar-refractivity contribution is -0.119. The Morgan fingerprint density at radius 3 is 2.23 bits per heavy atom. The quantitative estimate of drug-likeness (QED) is 0.317. The van der Waals surface area contributed by atoms with E-state index in [1.165, 1.54) is 31.4 Å². The van der Waals surface area contributed by atoms with Crippen molar-refractivity contribution >= 4 is 38.9 Å². The SMILES string of the molecule is CC/C(=N/NC(=O)CN(c1ccccc1)S(=O)(=O)c1ccc(Cl)cc1)c1ccc(OC)c(OC)c1. The van der Waals surface area contributed by atoms with Crippen LogP contribution in [0.2, 0.25) is 5.02 Å². The first kappa shape index (κ1) is 26.1. The molecule has 0 bridgehead atoms. The minimum atomic E-state index is -4.04. The number of rotatable bonds is 10. The van der Waals surface area contributed by atoms with Gasteiger partial charge in [0, 0.05) is 10.6 Å². The summed E-state index contributed by atoms with van der Waals surface area (Å²) in [4.78, 5) is 12.9. The van der Waals surface area contributed by atoms with Crippen LogP contribution in [0.15, 0.2) is 82.8 Å². The number of nitrogens with one attached hydrogen (secondary N) is 1. The van der Waals surface area contributed by atoms with Gasteiger partial charge in [-0.25, -0.2) is 13.8 Å². The molecule has 0 heterocycles. The molecule has 8 nitrogen and oxygen atoms in total. The summed E-state index contributed by atoms with van der Waals surface area (Å²) in [7, 11) is -0.966. The van der Waals surface area contributed by atoms with Crippen LogP contribution in [0, 0.1) is 0 Å². The van der Waals surface area contributed by atoms with Crippen molar-refractivity contribution in [2.24, 2.45) is 5.10 Å². The third kappa shape index (κ3) is 6.32. The molecule has 35 heavy (non-hydrogen) atoms. The molecule has 0 aliphatic carbocycles. The van der Waals surface area contributed by atoms with E-state index < -0.39 is 22.5 Å². The molecule has 184 valence electrons. The summed E-state index contributed by atoms with van der Waals surface area (Å²) in [6, 6.07) is 19.5. The number of methoxy groups -OCH3 is 2. The summed E-state index contributed by atoms with van der Waals surface area (Å²) in [5, 5.41) is 4.65. The van der Waals surface area contributed by atoms with E-state index in [4.69, 9.17) is 21.1 Å². The zero-order valence-electron chi connectivity index (χ0n) is 19.6. The Morgan fingerprint density at radius 2 is 1.63 bits per heavy atom. The number of nitrogens with zero attached hydrogens (tertiary/aromatic N) is 2. The summed E-state index contributed by atoms with van der Waals surface area (Å²) in [5.74, 6) is 0.501. The topological polar surface area (TPSA) is 97.3 Å². The van der Waals surface area contributed by atoms with Crippen LogP contribution in [0.25, 0.3) is 0 Å². The first-order chi connectivity index (χ1) is 16.8. The molecule has 0 aromatic heterocycles. The monoisotopic (exact) mass is 515 g/mol. The van der Waals surface area contributed by atoms with Crippen molar-refractivity contribution in [1.82, 2.24) is 5.43 Å². The van der Waals surface area contributed by atoms with Gasteiger partial charge in [-0.05, 0) is 61.0 Å². The number of hydrogen-bond acceptors (Lipinski definition) is 6. The second kappa shape index (κ2) is 11.7. The van der Waals surface area contributed by atoms with Crippen molar-refractivity contribution in [2.75, 3.05) is 25.1 Å². The lowest BCUT2D eigenvalue weighted by atomic mass is 10.1. The highest BCUT2D eigenvalue weighted by Crippen LogP contribution is 2.28. The van der Waals surface area contributed by atoms with Crippen LogP contribution >= 0.6 is 11.6 Å². The molecule has 0 radical (unpaired) electrons. The van der Waals surface area contributed by atoms with E-state index in [0.29, 0.717) is 34.3 Å². The summed E-state index contributed by atoms with van der Waals surface area (Å²) in [5.41, 5.74) is 4.15. The number of amides is 1. The minimum absolute atomic E-state index is 0.0154. The van der Waals surface area contributed by atoms with Crippen molar-refractivity contribution < 1.29 is 22.7 Å². The second-order valence-corrected chi connectivity index (χ2v) is 9.62. The second-order valence-electron chi connectivity index (χ2n) is 7.32. The number of hydrazone groups is 1. The van der Waals surface area contributed by atoms with E-state index in [0.717, 1.165) is 9.87 Å². The van der Waals surface area contributed by atoms with Crippen molar-refractivity contribution in [2.45, 2.75) is 18.2 Å². The van der Waals surface area contributed by atoms with E-state index >= 15 is 0 Å². The zero-order chi connectivity index (χ0) is 25.4. The molecule has 0 saturated carbocycles. The molecule has 3 rings (SSSR count). The average Bonchev–Trinajstić information content (AvgIpc) is 2.88. The Labute approximate surface area is 210 Å². The highest BCUT2D eigenvalue weighted by molar-refractivity contribution is 7.92. The Kier molecular flexibility index (Phi) is 8.73. The number of carbonyl (C=O) groups is 1. The Balaban J connectivity index is 1.86. The average molecular weight is 516 g/mol. The Bertz CT molecular complexity index is 1300. The summed E-state index contributed by atoms with van der Waals surface area (Å²) < 4.78 is 38.4. The van der Waals surface area contributed by atoms with Crippen LogP contribution < -0.4 is 19.2 Å². The summed E-state index contributed by atoms with van der Waals surface area (Å²) in [6.45, 7) is 1.42. The molecular weight excluding hydrogens is 490 g/mol. The molecule has 3 aromatic carbocycles. The fourth-order valence-corrected chi connectivity index (χ4v) is 4.85. The number of anilines is 1. The molecular formula is C25H26ClN3O5S. The number of para-hydroxylation sites is 1. The Hall–Kier alpha value is -3.56. The largest absolute Gasteiger partial charge is 0.493 e. The molecule has 10 heteroatoms. The normalized spacial score (nSPS) is 11.6. The molecule has 0 unspecified atom stereocenters. The number of hydrogen-bond donors (Lipinski definition) is 1. The van der Waals surface area contributed by atoms with Crippen molar-refractivity contribution in [3.8, 4) is 11.5 Å². The van der Waals surface area contributed by atoms with E-state index in [1.54, 1.807) is 55.6 Å². The number of halogens is 1. The highest BCUT2D eigenvalue weighted by atomic mass is 35.5. The zero-order valence-corrected chi connectivity index (χ0v) is 21.1. The number of ether oxygens (including phenoxy) is 2. The first-order valence-corrected chi connectivity index (χ1v) is 12.5. The molecule has 3 aromatic rings. The van der Waals surface area contributed by atoms with Crippen LogP contribution in [0.4, 0.5) is 5.69 Å². The number of carbonyl (C=O) groups excluding carboxylic acids is 1. The maximum absolute atomic E-state index is 13.4. The molecule has 1 amide bonds. The fourth-order valence-electron chi connectivity index (χ4n) is 3.30. The summed E-state index contributed by atoms with van der Waals surface area (Å²) >= 11 is 5.91. The third-order valence-electron chi connectivity index (χ3n) is 5.10. The van der Waals surface area contributed by atoms with Gasteiger partial charge in [-0.3, -0.25) is 9.10 Å². The van der Waals surface area contributed by atoms with Crippen molar-refractivity contribution in [3.05, 3.63) is 83.4 Å². The fraction of sp³-hybridized carbons (Fsp3) is 0.200. The van der Waals surface area contributed by atoms with Crippen molar-refractivity contribution in [1.29, 1.82) is 0 Å². The maximum atomic E-state index is 13.4. The first-order valence-electron chi connectivity index (χ1n) is 10.7. The van der Waals surface area contributed by atoms with Gasteiger partial charge in [-0.2, -0.15) is 5.10 Å². The molecule has 0 fully saturated rings. The lowest BCUT2D eigenvalue weighted by Gasteiger charge is -2.23. The standard InChI is InChI=1S/C25H26ClN3O5S/c1-4-22(18-10-15-23(33-2)24(16-18)34-3)27-28-25(30)17-29(20-8-6-5-7-9-20)35(31,32)21-13-11-19(26)12-14-21/h5-16H,4,17H2,1-3H3,(H,28,30)/b27-22-. The Morgan fingerprint density at radius 1 is 0.971 bits per heavy atom. The van der Waals surface area contributed by atoms with Gasteiger partial charge in [0.05, 0.1) is 30.5 Å². The van der Waals surface area contributed by atoms with Gasteiger partial charge in [-0.15, -0.1) is 0 Å². The van der Waals surface area contributed by atoms with Crippen LogP contribution in [0.1, 0.15) is 18.9 Å². The molecule has 1 N–H and O–H groups in total. The predicted molar refractivity (Wildman–Crippen MR) is 137 cm³/mol. The van der Waals surface area contributed by atoms with Gasteiger partial charge in [0.2, 0.25) is 0 Å². The van der Waals surface area contributed by atoms with Crippen LogP contribution in [-0.4, -0.2) is 40.8 Å². The van der Waals surface area contributed by atoms with E-state index in [1.807, 2.05) is 6.92 Å². The van der Waals surface area contributed by atoms with Crippen LogP contribution in [0.5, 0.6) is 11.5 Å². The van der Waals surface area contributed by atoms with Crippen molar-refractivity contribution in [3.63, 3.8) is 0 Å². The molecule has 0 spiro atoms. The highest BCUT2D eigenvalue weighted by Gasteiger charge is 2.27. The molecule has 0 saturated heterocycles. The molecule has 0 aliphatic rings. The minimum Gasteiger partial charge on any atom is -0.493 e. The lowest BCUT2D eigenvalue weighted by Crippen LogP contribution is -2.39. The third-order valence-corrected chi connectivity index (χ3v) is 7.14. The van der Waals surface area contributed by atoms with Gasteiger partial charge < -0.3 is 9.47 Å². The van der Waals surface area contributed by atoms with Gasteiger partial charge in [0.15, 0.2) is 11.5 Å². The predicted octanol–water partition coefficient (Wildman–Crippen LogP) is 4.48. The summed E-state index contributed by atoms with van der Waals surface area (Å²) in [6.07, 6.45) is 0.515. The molecule has 0 atom stereocenters. The molecule has 0 aliphatic heterocycles. The van der Waals surface area contributed by atoms with Gasteiger partial charge in [0.1, 0.15) is 6.54 Å².